The maximum Gasteiger partial charge on any atom is 0.248 e. The van der Waals surface area contributed by atoms with Gasteiger partial charge in [-0.05, 0) is 24.1 Å². The zero-order valence-electron chi connectivity index (χ0n) is 8.58. The fourth-order valence-corrected chi connectivity index (χ4v) is 1.44. The average molecular weight is 203 g/mol. The third kappa shape index (κ3) is 2.34. The van der Waals surface area contributed by atoms with Gasteiger partial charge in [0.15, 0.2) is 0 Å². The molecule has 0 saturated carbocycles. The second-order valence-electron chi connectivity index (χ2n) is 3.39. The third-order valence-electron chi connectivity index (χ3n) is 2.24. The van der Waals surface area contributed by atoms with E-state index in [0.717, 1.165) is 12.1 Å². The van der Waals surface area contributed by atoms with Crippen molar-refractivity contribution in [2.24, 2.45) is 4.99 Å². The van der Waals surface area contributed by atoms with Gasteiger partial charge in [0.05, 0.1) is 0 Å². The van der Waals surface area contributed by atoms with Gasteiger partial charge in [0.25, 0.3) is 0 Å². The van der Waals surface area contributed by atoms with Crippen LogP contribution in [-0.4, -0.2) is 18.4 Å². The predicted octanol–water partition coefficient (Wildman–Crippen LogP) is 1.15. The molecule has 0 saturated heterocycles. The highest BCUT2D eigenvalue weighted by molar-refractivity contribution is 6.08. The summed E-state index contributed by atoms with van der Waals surface area (Å²) in [5.41, 5.74) is 2.21. The van der Waals surface area contributed by atoms with E-state index in [4.69, 9.17) is 0 Å². The number of carbonyl (C=O) groups is 1. The first-order chi connectivity index (χ1) is 7.28. The molecule has 15 heavy (non-hydrogen) atoms. The van der Waals surface area contributed by atoms with E-state index in [2.05, 4.69) is 28.6 Å². The van der Waals surface area contributed by atoms with Crippen molar-refractivity contribution in [1.29, 1.82) is 0 Å². The molecule has 78 valence electrons. The van der Waals surface area contributed by atoms with Crippen LogP contribution in [0, 0.1) is 0 Å². The van der Waals surface area contributed by atoms with E-state index < -0.39 is 0 Å². The molecule has 1 aromatic carbocycles. The molecule has 4 nitrogen and oxygen atoms in total. The molecule has 2 rings (SSSR count). The zero-order valence-corrected chi connectivity index (χ0v) is 8.58. The van der Waals surface area contributed by atoms with E-state index in [-0.39, 0.29) is 12.5 Å². The van der Waals surface area contributed by atoms with Gasteiger partial charge in [-0.3, -0.25) is 10.1 Å². The minimum absolute atomic E-state index is 0.0656. The maximum absolute atomic E-state index is 10.9. The first-order valence-corrected chi connectivity index (χ1v) is 4.98. The summed E-state index contributed by atoms with van der Waals surface area (Å²) in [5.74, 6) is 0.470. The number of hydrogen-bond donors (Lipinski definition) is 2. The van der Waals surface area contributed by atoms with Gasteiger partial charge in [0, 0.05) is 5.69 Å². The number of guanidine groups is 1. The topological polar surface area (TPSA) is 53.5 Å². The van der Waals surface area contributed by atoms with Gasteiger partial charge in [-0.15, -0.1) is 0 Å². The van der Waals surface area contributed by atoms with E-state index in [9.17, 15) is 4.79 Å². The minimum atomic E-state index is -0.0656. The van der Waals surface area contributed by atoms with Crippen molar-refractivity contribution >= 4 is 17.6 Å². The number of aliphatic imine (C=N–C) groups is 1. The number of aryl methyl sites for hydroxylation is 1. The number of nitrogens with zero attached hydrogens (tertiary/aromatic N) is 1. The van der Waals surface area contributed by atoms with Crippen LogP contribution in [-0.2, 0) is 11.2 Å². The molecule has 1 aromatic rings. The van der Waals surface area contributed by atoms with Crippen molar-refractivity contribution in [2.45, 2.75) is 13.3 Å². The monoisotopic (exact) mass is 203 g/mol. The van der Waals surface area contributed by atoms with E-state index in [1.807, 2.05) is 18.2 Å². The zero-order chi connectivity index (χ0) is 10.7. The Balaban J connectivity index is 2.07. The normalized spacial score (nSPS) is 14.7. The van der Waals surface area contributed by atoms with Gasteiger partial charge in [-0.2, -0.15) is 0 Å². The highest BCUT2D eigenvalue weighted by Gasteiger charge is 2.12. The Morgan fingerprint density at radius 2 is 2.40 bits per heavy atom. The Morgan fingerprint density at radius 3 is 3.07 bits per heavy atom. The standard InChI is InChI=1S/C11H13N3O/c1-2-8-4-3-5-9(6-8)13-11-12-7-10(15)14-11/h3-6H,2,7H2,1H3,(H2,12,13,14,15). The van der Waals surface area contributed by atoms with Crippen LogP contribution in [0.15, 0.2) is 29.3 Å². The summed E-state index contributed by atoms with van der Waals surface area (Å²) in [7, 11) is 0. The number of rotatable bonds is 2. The van der Waals surface area contributed by atoms with Gasteiger partial charge in [0.1, 0.15) is 6.54 Å². The molecule has 0 atom stereocenters. The van der Waals surface area contributed by atoms with E-state index in [1.165, 1.54) is 5.56 Å². The Labute approximate surface area is 88.4 Å². The SMILES string of the molecule is CCc1cccc(NC2=NCC(=O)N2)c1. The summed E-state index contributed by atoms with van der Waals surface area (Å²) in [6.07, 6.45) is 0.994. The number of carbonyl (C=O) groups excluding carboxylic acids is 1. The van der Waals surface area contributed by atoms with Crippen molar-refractivity contribution in [3.8, 4) is 0 Å². The lowest BCUT2D eigenvalue weighted by atomic mass is 10.1. The highest BCUT2D eigenvalue weighted by atomic mass is 16.2. The summed E-state index contributed by atoms with van der Waals surface area (Å²) in [6.45, 7) is 2.32. The Kier molecular flexibility index (Phi) is 2.67. The summed E-state index contributed by atoms with van der Waals surface area (Å²) in [5, 5.41) is 5.70. The number of anilines is 1. The van der Waals surface area contributed by atoms with Gasteiger partial charge in [0.2, 0.25) is 11.9 Å². The fourth-order valence-electron chi connectivity index (χ4n) is 1.44. The van der Waals surface area contributed by atoms with Crippen molar-refractivity contribution in [1.82, 2.24) is 5.32 Å². The van der Waals surface area contributed by atoms with Crippen molar-refractivity contribution in [3.63, 3.8) is 0 Å². The van der Waals surface area contributed by atoms with Gasteiger partial charge in [-0.1, -0.05) is 19.1 Å². The third-order valence-corrected chi connectivity index (χ3v) is 2.24. The van der Waals surface area contributed by atoms with Crippen LogP contribution in [0.3, 0.4) is 0 Å². The molecule has 0 unspecified atom stereocenters. The number of nitrogens with one attached hydrogen (secondary N) is 2. The van der Waals surface area contributed by atoms with E-state index in [0.29, 0.717) is 5.96 Å². The maximum atomic E-state index is 10.9. The van der Waals surface area contributed by atoms with Gasteiger partial charge in [-0.25, -0.2) is 4.99 Å². The molecule has 0 fully saturated rings. The molecule has 0 radical (unpaired) electrons. The smallest absolute Gasteiger partial charge is 0.248 e. The second-order valence-corrected chi connectivity index (χ2v) is 3.39. The molecule has 0 aromatic heterocycles. The molecule has 1 amide bonds. The van der Waals surface area contributed by atoms with Crippen LogP contribution in [0.4, 0.5) is 5.69 Å². The average Bonchev–Trinajstić information content (AvgIpc) is 2.64. The molecule has 0 spiro atoms. The van der Waals surface area contributed by atoms with Crippen LogP contribution < -0.4 is 10.6 Å². The molecule has 0 aliphatic carbocycles. The van der Waals surface area contributed by atoms with E-state index >= 15 is 0 Å². The molecule has 1 aliphatic rings. The molecule has 2 N–H and O–H groups in total. The number of amides is 1. The lowest BCUT2D eigenvalue weighted by Crippen LogP contribution is -2.30. The lowest BCUT2D eigenvalue weighted by Gasteiger charge is -2.06. The Morgan fingerprint density at radius 1 is 1.53 bits per heavy atom. The van der Waals surface area contributed by atoms with Crippen molar-refractivity contribution in [2.75, 3.05) is 11.9 Å². The summed E-state index contributed by atoms with van der Waals surface area (Å²) in [4.78, 5) is 14.9. The summed E-state index contributed by atoms with van der Waals surface area (Å²) < 4.78 is 0. The highest BCUT2D eigenvalue weighted by Crippen LogP contribution is 2.11. The fraction of sp³-hybridized carbons (Fsp3) is 0.273. The van der Waals surface area contributed by atoms with Crippen molar-refractivity contribution < 1.29 is 4.79 Å². The van der Waals surface area contributed by atoms with Crippen LogP contribution in [0.1, 0.15) is 12.5 Å². The Hall–Kier alpha value is -1.84. The first kappa shape index (κ1) is 9.71. The molecule has 1 heterocycles. The van der Waals surface area contributed by atoms with Gasteiger partial charge < -0.3 is 5.32 Å². The number of hydrogen-bond acceptors (Lipinski definition) is 3. The van der Waals surface area contributed by atoms with Crippen molar-refractivity contribution in [3.05, 3.63) is 29.8 Å². The van der Waals surface area contributed by atoms with Crippen LogP contribution in [0.25, 0.3) is 0 Å². The lowest BCUT2D eigenvalue weighted by molar-refractivity contribution is -0.117. The second kappa shape index (κ2) is 4.13. The van der Waals surface area contributed by atoms with Crippen LogP contribution in [0.2, 0.25) is 0 Å². The molecule has 4 heteroatoms. The number of benzene rings is 1. The predicted molar refractivity (Wildman–Crippen MR) is 59.9 cm³/mol. The van der Waals surface area contributed by atoms with E-state index in [1.54, 1.807) is 0 Å². The van der Waals surface area contributed by atoms with Crippen LogP contribution in [0.5, 0.6) is 0 Å². The van der Waals surface area contributed by atoms with Crippen LogP contribution >= 0.6 is 0 Å². The molecule has 1 aliphatic heterocycles. The summed E-state index contributed by atoms with van der Waals surface area (Å²) >= 11 is 0. The Bertz CT molecular complexity index is 412. The molecular weight excluding hydrogens is 190 g/mol. The quantitative estimate of drug-likeness (QED) is 0.757. The molecule has 0 bridgehead atoms. The first-order valence-electron chi connectivity index (χ1n) is 4.98. The molecular formula is C11H13N3O. The minimum Gasteiger partial charge on any atom is -0.326 e. The van der Waals surface area contributed by atoms with Gasteiger partial charge >= 0.3 is 0 Å². The summed E-state index contributed by atoms with van der Waals surface area (Å²) in [6, 6.07) is 8.05. The largest absolute Gasteiger partial charge is 0.326 e.